The summed E-state index contributed by atoms with van der Waals surface area (Å²) in [7, 11) is 0. The number of carbonyl (C=O) groups is 1. The van der Waals surface area contributed by atoms with Crippen LogP contribution in [0.2, 0.25) is 0 Å². The van der Waals surface area contributed by atoms with E-state index >= 15 is 0 Å². The number of rotatable bonds is 4. The summed E-state index contributed by atoms with van der Waals surface area (Å²) in [5.41, 5.74) is 1.72. The molecule has 1 aliphatic heterocycles. The molecule has 0 atom stereocenters. The minimum absolute atomic E-state index is 0.136. The topological polar surface area (TPSA) is 54.3 Å². The molecule has 6 nitrogen and oxygen atoms in total. The molecule has 3 aromatic rings. The average Bonchev–Trinajstić information content (AvgIpc) is 2.71. The Morgan fingerprint density at radius 2 is 1.89 bits per heavy atom. The van der Waals surface area contributed by atoms with Gasteiger partial charge >= 0.3 is 0 Å². The van der Waals surface area contributed by atoms with Gasteiger partial charge in [-0.05, 0) is 37.3 Å². The summed E-state index contributed by atoms with van der Waals surface area (Å²) < 4.78 is 16.8. The van der Waals surface area contributed by atoms with Gasteiger partial charge in [0.25, 0.3) is 0 Å². The Kier molecular flexibility index (Phi) is 5.15. The molecule has 1 aliphatic rings. The van der Waals surface area contributed by atoms with Crippen molar-refractivity contribution in [1.29, 1.82) is 0 Å². The summed E-state index contributed by atoms with van der Waals surface area (Å²) in [5, 5.41) is 9.38. The van der Waals surface area contributed by atoms with Crippen LogP contribution in [0.4, 0.5) is 10.1 Å². The molecule has 0 unspecified atom stereocenters. The molecule has 2 heterocycles. The fourth-order valence-corrected chi connectivity index (χ4v) is 3.68. The minimum atomic E-state index is -0.358. The number of ketones is 1. The zero-order valence-corrected chi connectivity index (χ0v) is 16.3. The number of anilines is 1. The second-order valence-electron chi connectivity index (χ2n) is 6.88. The third kappa shape index (κ3) is 3.65. The molecule has 1 saturated heterocycles. The standard InChI is InChI=1S/C20H20FN5OS/c1-14(27)15-6-7-19(17(21)12-15)25-10-8-24(9-11-25)13-26-20(28)16-4-2-3-5-18(16)22-23-26/h2-7,12H,8-11,13H2,1H3. The molecule has 0 radical (unpaired) electrons. The van der Waals surface area contributed by atoms with Crippen molar-refractivity contribution in [2.24, 2.45) is 0 Å². The molecule has 0 bridgehead atoms. The maximum atomic E-state index is 14.4. The van der Waals surface area contributed by atoms with Crippen molar-refractivity contribution in [2.45, 2.75) is 13.6 Å². The highest BCUT2D eigenvalue weighted by molar-refractivity contribution is 7.71. The van der Waals surface area contributed by atoms with Crippen LogP contribution in [0.15, 0.2) is 42.5 Å². The maximum Gasteiger partial charge on any atom is 0.159 e. The molecule has 0 aliphatic carbocycles. The Balaban J connectivity index is 1.44. The normalized spacial score (nSPS) is 15.1. The Labute approximate surface area is 167 Å². The Hall–Kier alpha value is -2.71. The lowest BCUT2D eigenvalue weighted by molar-refractivity contribution is 0.101. The summed E-state index contributed by atoms with van der Waals surface area (Å²) in [6.45, 7) is 4.87. The predicted octanol–water partition coefficient (Wildman–Crippen LogP) is 3.28. The van der Waals surface area contributed by atoms with Gasteiger partial charge in [-0.3, -0.25) is 9.69 Å². The lowest BCUT2D eigenvalue weighted by Gasteiger charge is -2.36. The number of halogens is 1. The lowest BCUT2D eigenvalue weighted by atomic mass is 10.1. The van der Waals surface area contributed by atoms with E-state index in [9.17, 15) is 9.18 Å². The van der Waals surface area contributed by atoms with Crippen molar-refractivity contribution < 1.29 is 9.18 Å². The summed E-state index contributed by atoms with van der Waals surface area (Å²) in [6.07, 6.45) is 0. The fourth-order valence-electron chi connectivity index (χ4n) is 3.42. The van der Waals surface area contributed by atoms with Crippen LogP contribution >= 0.6 is 12.2 Å². The highest BCUT2D eigenvalue weighted by Crippen LogP contribution is 2.22. The van der Waals surface area contributed by atoms with Crippen LogP contribution in [-0.4, -0.2) is 51.9 Å². The molecule has 28 heavy (non-hydrogen) atoms. The van der Waals surface area contributed by atoms with E-state index in [1.807, 2.05) is 29.2 Å². The molecule has 0 spiro atoms. The van der Waals surface area contributed by atoms with Crippen LogP contribution in [0.3, 0.4) is 0 Å². The van der Waals surface area contributed by atoms with Crippen molar-refractivity contribution in [3.8, 4) is 0 Å². The van der Waals surface area contributed by atoms with Gasteiger partial charge in [-0.25, -0.2) is 9.07 Å². The molecule has 1 aromatic heterocycles. The molecule has 2 aromatic carbocycles. The smallest absolute Gasteiger partial charge is 0.159 e. The summed E-state index contributed by atoms with van der Waals surface area (Å²) in [5.74, 6) is -0.493. The summed E-state index contributed by atoms with van der Waals surface area (Å²) in [4.78, 5) is 15.6. The van der Waals surface area contributed by atoms with Crippen LogP contribution in [0.5, 0.6) is 0 Å². The number of benzene rings is 2. The molecule has 0 amide bonds. The van der Waals surface area contributed by atoms with Crippen molar-refractivity contribution in [3.63, 3.8) is 0 Å². The van der Waals surface area contributed by atoms with E-state index in [4.69, 9.17) is 12.2 Å². The SMILES string of the molecule is CC(=O)c1ccc(N2CCN(Cn3nnc4ccccc4c3=S)CC2)c(F)c1. The lowest BCUT2D eigenvalue weighted by Crippen LogP contribution is -2.47. The molecule has 8 heteroatoms. The van der Waals surface area contributed by atoms with Crippen LogP contribution in [-0.2, 0) is 6.67 Å². The first-order chi connectivity index (χ1) is 13.5. The van der Waals surface area contributed by atoms with Crippen LogP contribution < -0.4 is 4.90 Å². The monoisotopic (exact) mass is 397 g/mol. The summed E-state index contributed by atoms with van der Waals surface area (Å²) >= 11 is 5.56. The van der Waals surface area contributed by atoms with E-state index in [-0.39, 0.29) is 11.6 Å². The van der Waals surface area contributed by atoms with E-state index in [1.54, 1.807) is 16.8 Å². The Morgan fingerprint density at radius 3 is 2.61 bits per heavy atom. The number of Topliss-reactive ketones (excluding diaryl/α,β-unsaturated/α-hetero) is 1. The quantitative estimate of drug-likeness (QED) is 0.497. The van der Waals surface area contributed by atoms with E-state index in [2.05, 4.69) is 15.2 Å². The van der Waals surface area contributed by atoms with Crippen LogP contribution in [0, 0.1) is 10.5 Å². The number of nitrogens with zero attached hydrogens (tertiary/aromatic N) is 5. The zero-order valence-electron chi connectivity index (χ0n) is 15.5. The highest BCUT2D eigenvalue weighted by atomic mass is 32.1. The first-order valence-electron chi connectivity index (χ1n) is 9.13. The van der Waals surface area contributed by atoms with Crippen molar-refractivity contribution in [1.82, 2.24) is 19.9 Å². The molecule has 0 N–H and O–H groups in total. The van der Waals surface area contributed by atoms with Gasteiger partial charge in [0.15, 0.2) is 5.78 Å². The zero-order chi connectivity index (χ0) is 19.7. The number of aromatic nitrogens is 3. The number of fused-ring (bicyclic) bond motifs is 1. The molecule has 1 fully saturated rings. The second kappa shape index (κ2) is 7.73. The number of hydrogen-bond acceptors (Lipinski definition) is 6. The average molecular weight is 397 g/mol. The second-order valence-corrected chi connectivity index (χ2v) is 7.27. The van der Waals surface area contributed by atoms with Crippen LogP contribution in [0.1, 0.15) is 17.3 Å². The van der Waals surface area contributed by atoms with Gasteiger partial charge in [0.05, 0.1) is 17.9 Å². The van der Waals surface area contributed by atoms with Gasteiger partial charge in [-0.1, -0.05) is 29.6 Å². The largest absolute Gasteiger partial charge is 0.367 e. The van der Waals surface area contributed by atoms with E-state index in [0.717, 1.165) is 24.0 Å². The van der Waals surface area contributed by atoms with E-state index in [0.29, 0.717) is 35.6 Å². The molecule has 4 rings (SSSR count). The first kappa shape index (κ1) is 18.6. The Morgan fingerprint density at radius 1 is 1.14 bits per heavy atom. The number of piperazine rings is 1. The number of carbonyl (C=O) groups excluding carboxylic acids is 1. The van der Waals surface area contributed by atoms with Crippen molar-refractivity contribution in [2.75, 3.05) is 31.1 Å². The van der Waals surface area contributed by atoms with Crippen LogP contribution in [0.25, 0.3) is 10.9 Å². The minimum Gasteiger partial charge on any atom is -0.367 e. The third-order valence-electron chi connectivity index (χ3n) is 5.03. The highest BCUT2D eigenvalue weighted by Gasteiger charge is 2.20. The van der Waals surface area contributed by atoms with E-state index in [1.165, 1.54) is 13.0 Å². The number of hydrogen-bond donors (Lipinski definition) is 0. The van der Waals surface area contributed by atoms with Crippen molar-refractivity contribution in [3.05, 3.63) is 58.5 Å². The van der Waals surface area contributed by atoms with Gasteiger partial charge in [0, 0.05) is 37.1 Å². The predicted molar refractivity (Wildman–Crippen MR) is 109 cm³/mol. The van der Waals surface area contributed by atoms with Gasteiger partial charge in [0.1, 0.15) is 10.5 Å². The van der Waals surface area contributed by atoms with Gasteiger partial charge in [0.2, 0.25) is 0 Å². The molecular weight excluding hydrogens is 377 g/mol. The van der Waals surface area contributed by atoms with Gasteiger partial charge in [-0.15, -0.1) is 5.10 Å². The van der Waals surface area contributed by atoms with Gasteiger partial charge in [-0.2, -0.15) is 0 Å². The first-order valence-corrected chi connectivity index (χ1v) is 9.54. The third-order valence-corrected chi connectivity index (χ3v) is 5.46. The molecular formula is C20H20FN5OS. The molecule has 144 valence electrons. The maximum absolute atomic E-state index is 14.4. The Bertz CT molecular complexity index is 1090. The summed E-state index contributed by atoms with van der Waals surface area (Å²) in [6, 6.07) is 12.4. The fraction of sp³-hybridized carbons (Fsp3) is 0.300. The van der Waals surface area contributed by atoms with Crippen molar-refractivity contribution >= 4 is 34.6 Å². The van der Waals surface area contributed by atoms with Gasteiger partial charge < -0.3 is 4.90 Å². The molecule has 0 saturated carbocycles. The van der Waals surface area contributed by atoms with E-state index < -0.39 is 0 Å².